The van der Waals surface area contributed by atoms with Gasteiger partial charge in [0.15, 0.2) is 0 Å². The zero-order chi connectivity index (χ0) is 17.6. The van der Waals surface area contributed by atoms with E-state index in [1.807, 2.05) is 6.07 Å². The van der Waals surface area contributed by atoms with E-state index in [2.05, 4.69) is 58.8 Å². The zero-order valence-electron chi connectivity index (χ0n) is 14.3. The van der Waals surface area contributed by atoms with E-state index in [1.165, 1.54) is 29.0 Å². The Hall–Kier alpha value is -2.31. The topological polar surface area (TPSA) is 41.0 Å². The first kappa shape index (κ1) is 17.5. The number of hydrogen-bond acceptors (Lipinski definition) is 5. The molecule has 4 nitrogen and oxygen atoms in total. The van der Waals surface area contributed by atoms with Gasteiger partial charge in [-0.3, -0.25) is 0 Å². The molecule has 6 heteroatoms. The lowest BCUT2D eigenvalue weighted by Crippen LogP contribution is -2.26. The van der Waals surface area contributed by atoms with Crippen LogP contribution < -0.4 is 5.32 Å². The van der Waals surface area contributed by atoms with Crippen LogP contribution in [0.3, 0.4) is 0 Å². The van der Waals surface area contributed by atoms with Crippen molar-refractivity contribution in [1.29, 1.82) is 0 Å². The van der Waals surface area contributed by atoms with Crippen molar-refractivity contribution in [3.8, 4) is 0 Å². The number of rotatable bonds is 7. The average molecular weight is 356 g/mol. The average Bonchev–Trinajstić information content (AvgIpc) is 3.05. The van der Waals surface area contributed by atoms with Crippen molar-refractivity contribution in [3.63, 3.8) is 0 Å². The van der Waals surface area contributed by atoms with Crippen molar-refractivity contribution in [2.45, 2.75) is 12.5 Å². The maximum atomic E-state index is 13.0. The van der Waals surface area contributed by atoms with Crippen LogP contribution in [0.2, 0.25) is 0 Å². The minimum absolute atomic E-state index is 0.223. The summed E-state index contributed by atoms with van der Waals surface area (Å²) >= 11 is 1.54. The molecule has 0 aliphatic carbocycles. The van der Waals surface area contributed by atoms with Crippen LogP contribution in [0.1, 0.15) is 22.2 Å². The molecule has 25 heavy (non-hydrogen) atoms. The smallest absolute Gasteiger partial charge is 0.205 e. The molecule has 0 saturated carbocycles. The van der Waals surface area contributed by atoms with Gasteiger partial charge in [0.05, 0.1) is 6.04 Å². The van der Waals surface area contributed by atoms with Gasteiger partial charge in [-0.15, -0.1) is 10.2 Å². The van der Waals surface area contributed by atoms with E-state index in [4.69, 9.17) is 0 Å². The quantitative estimate of drug-likeness (QED) is 0.695. The molecule has 1 aromatic heterocycles. The Morgan fingerprint density at radius 1 is 1.04 bits per heavy atom. The molecule has 1 N–H and O–H groups in total. The molecule has 0 amide bonds. The zero-order valence-corrected chi connectivity index (χ0v) is 15.1. The lowest BCUT2D eigenvalue weighted by Gasteiger charge is -2.24. The molecule has 1 atom stereocenters. The molecule has 0 spiro atoms. The SMILES string of the molecule is CN(C)C(CNc1nnc(Cc2ccc(F)cc2)s1)c1ccccc1. The molecule has 0 saturated heterocycles. The van der Waals surface area contributed by atoms with E-state index in [9.17, 15) is 4.39 Å². The number of aromatic nitrogens is 2. The fourth-order valence-electron chi connectivity index (χ4n) is 2.63. The Morgan fingerprint density at radius 3 is 2.44 bits per heavy atom. The van der Waals surface area contributed by atoms with Crippen LogP contribution >= 0.6 is 11.3 Å². The second kappa shape index (κ2) is 8.18. The van der Waals surface area contributed by atoms with Crippen LogP contribution in [0.25, 0.3) is 0 Å². The van der Waals surface area contributed by atoms with Crippen molar-refractivity contribution < 1.29 is 4.39 Å². The van der Waals surface area contributed by atoms with Crippen molar-refractivity contribution in [1.82, 2.24) is 15.1 Å². The molecule has 1 heterocycles. The van der Waals surface area contributed by atoms with Crippen molar-refractivity contribution >= 4 is 16.5 Å². The summed E-state index contributed by atoms with van der Waals surface area (Å²) in [6, 6.07) is 17.1. The molecule has 0 bridgehead atoms. The highest BCUT2D eigenvalue weighted by atomic mass is 32.1. The summed E-state index contributed by atoms with van der Waals surface area (Å²) in [6.07, 6.45) is 0.662. The Labute approximate surface area is 151 Å². The molecule has 0 fully saturated rings. The van der Waals surface area contributed by atoms with Gasteiger partial charge in [0, 0.05) is 13.0 Å². The van der Waals surface area contributed by atoms with Crippen LogP contribution in [0.4, 0.5) is 9.52 Å². The van der Waals surface area contributed by atoms with Crippen LogP contribution in [0.5, 0.6) is 0 Å². The van der Waals surface area contributed by atoms with Gasteiger partial charge in [0.2, 0.25) is 5.13 Å². The number of likely N-dealkylation sites (N-methyl/N-ethyl adjacent to an activating group) is 1. The largest absolute Gasteiger partial charge is 0.358 e. The Balaban J connectivity index is 1.61. The predicted octanol–water partition coefficient (Wildman–Crippen LogP) is 3.98. The van der Waals surface area contributed by atoms with Crippen molar-refractivity contribution in [3.05, 3.63) is 76.5 Å². The first-order chi connectivity index (χ1) is 12.1. The Morgan fingerprint density at radius 2 is 1.76 bits per heavy atom. The number of nitrogens with zero attached hydrogens (tertiary/aromatic N) is 3. The van der Waals surface area contributed by atoms with E-state index in [1.54, 1.807) is 12.1 Å². The summed E-state index contributed by atoms with van der Waals surface area (Å²) < 4.78 is 13.0. The van der Waals surface area contributed by atoms with Crippen molar-refractivity contribution in [2.24, 2.45) is 0 Å². The second-order valence-corrected chi connectivity index (χ2v) is 7.14. The molecule has 3 rings (SSSR count). The van der Waals surface area contributed by atoms with E-state index in [0.29, 0.717) is 6.42 Å². The lowest BCUT2D eigenvalue weighted by molar-refractivity contribution is 0.312. The maximum Gasteiger partial charge on any atom is 0.205 e. The maximum absolute atomic E-state index is 13.0. The van der Waals surface area contributed by atoms with Gasteiger partial charge in [0.25, 0.3) is 0 Å². The third-order valence-corrected chi connectivity index (χ3v) is 4.87. The summed E-state index contributed by atoms with van der Waals surface area (Å²) in [5, 5.41) is 13.5. The van der Waals surface area contributed by atoms with Gasteiger partial charge < -0.3 is 10.2 Å². The van der Waals surface area contributed by atoms with Crippen LogP contribution in [-0.2, 0) is 6.42 Å². The summed E-state index contributed by atoms with van der Waals surface area (Å²) in [7, 11) is 4.14. The minimum Gasteiger partial charge on any atom is -0.358 e. The highest BCUT2D eigenvalue weighted by Crippen LogP contribution is 2.22. The number of hydrogen-bond donors (Lipinski definition) is 1. The molecule has 130 valence electrons. The highest BCUT2D eigenvalue weighted by Gasteiger charge is 2.14. The summed E-state index contributed by atoms with van der Waals surface area (Å²) in [4.78, 5) is 2.18. The monoisotopic (exact) mass is 356 g/mol. The van der Waals surface area contributed by atoms with Crippen LogP contribution in [-0.4, -0.2) is 35.7 Å². The van der Waals surface area contributed by atoms with Crippen LogP contribution in [0.15, 0.2) is 54.6 Å². The fraction of sp³-hybridized carbons (Fsp3) is 0.263. The van der Waals surface area contributed by atoms with E-state index < -0.39 is 0 Å². The lowest BCUT2D eigenvalue weighted by atomic mass is 10.1. The van der Waals surface area contributed by atoms with E-state index >= 15 is 0 Å². The molecule has 3 aromatic rings. The standard InChI is InChI=1S/C19H21FN4S/c1-24(2)17(15-6-4-3-5-7-15)13-21-19-23-22-18(25-19)12-14-8-10-16(20)11-9-14/h3-11,17H,12-13H2,1-2H3,(H,21,23). The third kappa shape index (κ3) is 4.84. The van der Waals surface area contributed by atoms with Gasteiger partial charge in [-0.2, -0.15) is 0 Å². The highest BCUT2D eigenvalue weighted by molar-refractivity contribution is 7.15. The summed E-state index contributed by atoms with van der Waals surface area (Å²) in [6.45, 7) is 0.752. The number of benzene rings is 2. The number of anilines is 1. The molecule has 0 aliphatic heterocycles. The van der Waals surface area contributed by atoms with E-state index in [0.717, 1.165) is 22.2 Å². The van der Waals surface area contributed by atoms with Gasteiger partial charge in [0.1, 0.15) is 10.8 Å². The van der Waals surface area contributed by atoms with Gasteiger partial charge >= 0.3 is 0 Å². The number of halogens is 1. The van der Waals surface area contributed by atoms with Crippen molar-refractivity contribution in [2.75, 3.05) is 26.0 Å². The first-order valence-electron chi connectivity index (χ1n) is 8.14. The van der Waals surface area contributed by atoms with Gasteiger partial charge in [-0.1, -0.05) is 53.8 Å². The number of nitrogens with one attached hydrogen (secondary N) is 1. The Kier molecular flexibility index (Phi) is 5.73. The predicted molar refractivity (Wildman–Crippen MR) is 100 cm³/mol. The second-order valence-electron chi connectivity index (χ2n) is 6.08. The molecule has 0 aliphatic rings. The normalized spacial score (nSPS) is 12.3. The summed E-state index contributed by atoms with van der Waals surface area (Å²) in [5.41, 5.74) is 2.29. The Bertz CT molecular complexity index is 787. The molecular formula is C19H21FN4S. The molecule has 1 unspecified atom stereocenters. The minimum atomic E-state index is -0.223. The molecular weight excluding hydrogens is 335 g/mol. The fourth-order valence-corrected chi connectivity index (χ4v) is 3.41. The first-order valence-corrected chi connectivity index (χ1v) is 8.95. The molecule has 2 aromatic carbocycles. The van der Waals surface area contributed by atoms with Gasteiger partial charge in [-0.05, 0) is 37.4 Å². The van der Waals surface area contributed by atoms with E-state index in [-0.39, 0.29) is 11.9 Å². The summed E-state index contributed by atoms with van der Waals surface area (Å²) in [5.74, 6) is -0.223. The van der Waals surface area contributed by atoms with Gasteiger partial charge in [-0.25, -0.2) is 4.39 Å². The van der Waals surface area contributed by atoms with Crippen LogP contribution in [0, 0.1) is 5.82 Å². The third-order valence-electron chi connectivity index (χ3n) is 3.99. The molecule has 0 radical (unpaired) electrons.